The van der Waals surface area contributed by atoms with E-state index >= 15 is 0 Å². The highest BCUT2D eigenvalue weighted by Gasteiger charge is 2.28. The molecular formula is C17H18ClN5. The molecule has 0 amide bonds. The number of pyridine rings is 1. The van der Waals surface area contributed by atoms with E-state index in [1.54, 1.807) is 0 Å². The molecule has 0 saturated carbocycles. The summed E-state index contributed by atoms with van der Waals surface area (Å²) in [5, 5.41) is 8.86. The number of hydrogen-bond acceptors (Lipinski definition) is 3. The summed E-state index contributed by atoms with van der Waals surface area (Å²) < 4.78 is 0. The van der Waals surface area contributed by atoms with E-state index in [0.717, 1.165) is 46.0 Å². The van der Waals surface area contributed by atoms with Crippen LogP contribution in [0.1, 0.15) is 34.7 Å². The number of aryl methyl sites for hydroxylation is 1. The van der Waals surface area contributed by atoms with Gasteiger partial charge in [-0.2, -0.15) is 5.10 Å². The van der Waals surface area contributed by atoms with E-state index in [4.69, 9.17) is 23.1 Å². The van der Waals surface area contributed by atoms with Crippen molar-refractivity contribution in [1.82, 2.24) is 4.98 Å². The fourth-order valence-electron chi connectivity index (χ4n) is 3.04. The second-order valence-electron chi connectivity index (χ2n) is 5.65. The van der Waals surface area contributed by atoms with Crippen molar-refractivity contribution in [3.8, 4) is 0 Å². The van der Waals surface area contributed by atoms with Gasteiger partial charge in [0.15, 0.2) is 0 Å². The average molecular weight is 328 g/mol. The minimum atomic E-state index is -0.0551. The van der Waals surface area contributed by atoms with Gasteiger partial charge in [-0.15, -0.1) is 5.10 Å². The second-order valence-corrected chi connectivity index (χ2v) is 6.05. The molecule has 6 heteroatoms. The van der Waals surface area contributed by atoms with Gasteiger partial charge in [-0.05, 0) is 48.9 Å². The summed E-state index contributed by atoms with van der Waals surface area (Å²) in [7, 11) is 0. The Morgan fingerprint density at radius 2 is 2.00 bits per heavy atom. The molecule has 0 aliphatic heterocycles. The zero-order valence-corrected chi connectivity index (χ0v) is 13.6. The van der Waals surface area contributed by atoms with Gasteiger partial charge in [0, 0.05) is 16.8 Å². The van der Waals surface area contributed by atoms with Crippen molar-refractivity contribution >= 4 is 23.3 Å². The van der Waals surface area contributed by atoms with Crippen LogP contribution in [0, 0.1) is 6.92 Å². The molecule has 1 atom stereocenters. The lowest BCUT2D eigenvalue weighted by atomic mass is 9.80. The lowest BCUT2D eigenvalue weighted by Crippen LogP contribution is -2.24. The number of aromatic nitrogens is 1. The van der Waals surface area contributed by atoms with Gasteiger partial charge in [0.2, 0.25) is 5.96 Å². The Hall–Kier alpha value is -2.40. The maximum atomic E-state index is 6.36. The van der Waals surface area contributed by atoms with Crippen LogP contribution in [0.4, 0.5) is 0 Å². The van der Waals surface area contributed by atoms with Gasteiger partial charge in [0.05, 0.1) is 11.4 Å². The molecule has 1 aliphatic rings. The Labute approximate surface area is 140 Å². The molecule has 2 aromatic rings. The number of hydrogen-bond donors (Lipinski definition) is 2. The van der Waals surface area contributed by atoms with Crippen LogP contribution in [0.5, 0.6) is 0 Å². The predicted molar refractivity (Wildman–Crippen MR) is 93.8 cm³/mol. The largest absolute Gasteiger partial charge is 0.369 e. The summed E-state index contributed by atoms with van der Waals surface area (Å²) in [4.78, 5) is 4.53. The molecule has 3 rings (SSSR count). The zero-order valence-electron chi connectivity index (χ0n) is 12.8. The van der Waals surface area contributed by atoms with Crippen LogP contribution in [0.15, 0.2) is 46.7 Å². The third kappa shape index (κ3) is 3.19. The number of benzene rings is 1. The van der Waals surface area contributed by atoms with E-state index in [2.05, 4.69) is 15.2 Å². The van der Waals surface area contributed by atoms with Crippen molar-refractivity contribution in [2.75, 3.05) is 0 Å². The summed E-state index contributed by atoms with van der Waals surface area (Å²) in [6.07, 6.45) is 3.36. The van der Waals surface area contributed by atoms with E-state index in [0.29, 0.717) is 0 Å². The van der Waals surface area contributed by atoms with Crippen LogP contribution in [0.3, 0.4) is 0 Å². The predicted octanol–water partition coefficient (Wildman–Crippen LogP) is 2.75. The van der Waals surface area contributed by atoms with Gasteiger partial charge in [0.25, 0.3) is 0 Å². The molecule has 5 nitrogen and oxygen atoms in total. The highest BCUT2D eigenvalue weighted by Crippen LogP contribution is 2.36. The molecule has 0 spiro atoms. The van der Waals surface area contributed by atoms with E-state index in [-0.39, 0.29) is 11.9 Å². The van der Waals surface area contributed by atoms with Crippen LogP contribution in [0.25, 0.3) is 0 Å². The molecule has 0 bridgehead atoms. The first kappa shape index (κ1) is 15.5. The molecular weight excluding hydrogens is 310 g/mol. The topological polar surface area (TPSA) is 89.6 Å². The Morgan fingerprint density at radius 3 is 2.74 bits per heavy atom. The molecule has 1 aromatic carbocycles. The Bertz CT molecular complexity index is 793. The van der Waals surface area contributed by atoms with Crippen molar-refractivity contribution in [2.45, 2.75) is 25.7 Å². The summed E-state index contributed by atoms with van der Waals surface area (Å²) in [6, 6.07) is 9.85. The third-order valence-corrected chi connectivity index (χ3v) is 4.38. The summed E-state index contributed by atoms with van der Waals surface area (Å²) in [5.41, 5.74) is 16.0. The molecule has 23 heavy (non-hydrogen) atoms. The van der Waals surface area contributed by atoms with Crippen LogP contribution >= 0.6 is 11.6 Å². The van der Waals surface area contributed by atoms with Crippen molar-refractivity contribution in [2.24, 2.45) is 21.7 Å². The zero-order chi connectivity index (χ0) is 16.4. The normalized spacial score (nSPS) is 18.5. The maximum Gasteiger partial charge on any atom is 0.211 e. The number of fused-ring (bicyclic) bond motifs is 1. The molecule has 0 saturated heterocycles. The number of nitrogens with zero attached hydrogens (tertiary/aromatic N) is 3. The van der Waals surface area contributed by atoms with Gasteiger partial charge < -0.3 is 11.5 Å². The quantitative estimate of drug-likeness (QED) is 0.505. The first-order valence-corrected chi connectivity index (χ1v) is 7.78. The first-order valence-electron chi connectivity index (χ1n) is 7.41. The minimum absolute atomic E-state index is 0.0551. The van der Waals surface area contributed by atoms with Crippen molar-refractivity contribution in [3.63, 3.8) is 0 Å². The average Bonchev–Trinajstić information content (AvgIpc) is 2.53. The van der Waals surface area contributed by atoms with Gasteiger partial charge in [-0.25, -0.2) is 0 Å². The van der Waals surface area contributed by atoms with Gasteiger partial charge >= 0.3 is 0 Å². The first-order chi connectivity index (χ1) is 11.1. The lowest BCUT2D eigenvalue weighted by Gasteiger charge is -2.26. The highest BCUT2D eigenvalue weighted by molar-refractivity contribution is 6.31. The fourth-order valence-corrected chi connectivity index (χ4v) is 3.33. The maximum absolute atomic E-state index is 6.36. The molecule has 0 unspecified atom stereocenters. The van der Waals surface area contributed by atoms with Crippen LogP contribution < -0.4 is 11.5 Å². The number of nitrogens with two attached hydrogens (primary N) is 2. The standard InChI is InChI=1S/C17H18ClN5/c1-10-6-7-21-14-8-11(12-4-2-3-5-13(12)18)9-15(16(10)14)22-23-17(19)20/h2-7,11H,8-9H2,1H3,(H4,19,20,23)/t11-/m0/s1. The molecule has 0 fully saturated rings. The molecule has 1 aromatic heterocycles. The fraction of sp³-hybridized carbons (Fsp3) is 0.235. The van der Waals surface area contributed by atoms with Crippen molar-refractivity contribution in [1.29, 1.82) is 0 Å². The molecule has 4 N–H and O–H groups in total. The second kappa shape index (κ2) is 6.38. The van der Waals surface area contributed by atoms with E-state index in [1.165, 1.54) is 0 Å². The number of rotatable bonds is 2. The molecule has 1 aliphatic carbocycles. The highest BCUT2D eigenvalue weighted by atomic mass is 35.5. The number of halogens is 1. The van der Waals surface area contributed by atoms with Gasteiger partial charge in [-0.3, -0.25) is 4.98 Å². The summed E-state index contributed by atoms with van der Waals surface area (Å²) in [5.74, 6) is 0.152. The SMILES string of the molecule is Cc1ccnc2c1C(=NN=C(N)N)C[C@@H](c1ccccc1Cl)C2. The van der Waals surface area contributed by atoms with Crippen molar-refractivity contribution < 1.29 is 0 Å². The number of guanidine groups is 1. The van der Waals surface area contributed by atoms with Gasteiger partial charge in [0.1, 0.15) is 0 Å². The van der Waals surface area contributed by atoms with Crippen LogP contribution in [-0.4, -0.2) is 16.7 Å². The Kier molecular flexibility index (Phi) is 4.30. The smallest absolute Gasteiger partial charge is 0.211 e. The van der Waals surface area contributed by atoms with Gasteiger partial charge in [-0.1, -0.05) is 29.8 Å². The lowest BCUT2D eigenvalue weighted by molar-refractivity contribution is 0.677. The van der Waals surface area contributed by atoms with E-state index < -0.39 is 0 Å². The minimum Gasteiger partial charge on any atom is -0.369 e. The van der Waals surface area contributed by atoms with E-state index in [1.807, 2.05) is 43.5 Å². The van der Waals surface area contributed by atoms with E-state index in [9.17, 15) is 0 Å². The summed E-state index contributed by atoms with van der Waals surface area (Å²) >= 11 is 6.36. The molecule has 118 valence electrons. The Balaban J connectivity index is 2.08. The van der Waals surface area contributed by atoms with Crippen molar-refractivity contribution in [3.05, 3.63) is 63.9 Å². The summed E-state index contributed by atoms with van der Waals surface area (Å²) in [6.45, 7) is 2.04. The molecule has 1 heterocycles. The Morgan fingerprint density at radius 1 is 1.22 bits per heavy atom. The van der Waals surface area contributed by atoms with Crippen LogP contribution in [-0.2, 0) is 6.42 Å². The van der Waals surface area contributed by atoms with Crippen LogP contribution in [0.2, 0.25) is 5.02 Å². The molecule has 0 radical (unpaired) electrons. The third-order valence-electron chi connectivity index (χ3n) is 4.04. The monoisotopic (exact) mass is 327 g/mol.